The second-order valence-corrected chi connectivity index (χ2v) is 4.68. The van der Waals surface area contributed by atoms with E-state index < -0.39 is 11.8 Å². The lowest BCUT2D eigenvalue weighted by atomic mass is 10.1. The fourth-order valence-corrected chi connectivity index (χ4v) is 1.93. The van der Waals surface area contributed by atoms with E-state index in [2.05, 4.69) is 4.74 Å². The van der Waals surface area contributed by atoms with Crippen molar-refractivity contribution >= 4 is 11.7 Å². The van der Waals surface area contributed by atoms with Crippen LogP contribution in [0.2, 0.25) is 0 Å². The van der Waals surface area contributed by atoms with Gasteiger partial charge in [0.15, 0.2) is 11.6 Å². The van der Waals surface area contributed by atoms with Crippen molar-refractivity contribution in [1.82, 2.24) is 0 Å². The lowest BCUT2D eigenvalue weighted by Gasteiger charge is -2.12. The van der Waals surface area contributed by atoms with E-state index in [0.29, 0.717) is 22.6 Å². The average Bonchev–Trinajstić information content (AvgIpc) is 2.46. The highest BCUT2D eigenvalue weighted by Crippen LogP contribution is 2.30. The van der Waals surface area contributed by atoms with E-state index in [4.69, 9.17) is 10.5 Å². The molecule has 0 aliphatic carbocycles. The highest BCUT2D eigenvalue weighted by atomic mass is 19.1. The van der Waals surface area contributed by atoms with Crippen molar-refractivity contribution in [3.8, 4) is 11.5 Å². The molecule has 0 spiro atoms. The predicted octanol–water partition coefficient (Wildman–Crippen LogP) is 3.60. The molecule has 4 nitrogen and oxygen atoms in total. The standard InChI is InChI=1S/C16H16FNO3/c1-9-5-4-6-13(14(9)17)21-11-7-10(2)15(18)12(8-11)16(19)20-3/h4-8H,18H2,1-3H3. The monoisotopic (exact) mass is 289 g/mol. The first-order valence-electron chi connectivity index (χ1n) is 6.35. The van der Waals surface area contributed by atoms with Crippen LogP contribution >= 0.6 is 0 Å². The number of carbonyl (C=O) groups is 1. The van der Waals surface area contributed by atoms with E-state index >= 15 is 0 Å². The Kier molecular flexibility index (Phi) is 4.12. The first-order valence-corrected chi connectivity index (χ1v) is 6.35. The molecular formula is C16H16FNO3. The maximum atomic E-state index is 14.0. The first kappa shape index (κ1) is 14.8. The quantitative estimate of drug-likeness (QED) is 0.692. The highest BCUT2D eigenvalue weighted by Gasteiger charge is 2.15. The van der Waals surface area contributed by atoms with Crippen LogP contribution in [0.15, 0.2) is 30.3 Å². The van der Waals surface area contributed by atoms with Gasteiger partial charge in [0.1, 0.15) is 5.75 Å². The second-order valence-electron chi connectivity index (χ2n) is 4.68. The van der Waals surface area contributed by atoms with Gasteiger partial charge < -0.3 is 15.2 Å². The molecule has 110 valence electrons. The van der Waals surface area contributed by atoms with E-state index in [1.165, 1.54) is 19.2 Å². The van der Waals surface area contributed by atoms with Gasteiger partial charge in [0.05, 0.1) is 12.7 Å². The Bertz CT molecular complexity index is 698. The molecule has 0 unspecified atom stereocenters. The van der Waals surface area contributed by atoms with Gasteiger partial charge in [-0.15, -0.1) is 0 Å². The smallest absolute Gasteiger partial charge is 0.340 e. The molecule has 5 heteroatoms. The number of hydrogen-bond donors (Lipinski definition) is 1. The number of esters is 1. The zero-order valence-electron chi connectivity index (χ0n) is 12.1. The zero-order valence-corrected chi connectivity index (χ0v) is 12.1. The Balaban J connectivity index is 2.43. The molecular weight excluding hydrogens is 273 g/mol. The third-order valence-corrected chi connectivity index (χ3v) is 3.15. The second kappa shape index (κ2) is 5.83. The van der Waals surface area contributed by atoms with Crippen LogP contribution in [0.25, 0.3) is 0 Å². The third kappa shape index (κ3) is 2.97. The highest BCUT2D eigenvalue weighted by molar-refractivity contribution is 5.96. The van der Waals surface area contributed by atoms with Crippen LogP contribution in [0.1, 0.15) is 21.5 Å². The first-order chi connectivity index (χ1) is 9.93. The number of benzene rings is 2. The molecule has 0 aromatic heterocycles. The van der Waals surface area contributed by atoms with E-state index in [1.807, 2.05) is 0 Å². The molecule has 21 heavy (non-hydrogen) atoms. The Labute approximate surface area is 122 Å². The van der Waals surface area contributed by atoms with Crippen LogP contribution in [0.4, 0.5) is 10.1 Å². The van der Waals surface area contributed by atoms with Crippen LogP contribution in [0.5, 0.6) is 11.5 Å². The molecule has 0 atom stereocenters. The number of rotatable bonds is 3. The number of nitrogen functional groups attached to an aromatic ring is 1. The molecule has 2 rings (SSSR count). The van der Waals surface area contributed by atoms with Gasteiger partial charge in [-0.05, 0) is 43.2 Å². The van der Waals surface area contributed by atoms with Crippen molar-refractivity contribution in [3.05, 3.63) is 52.8 Å². The summed E-state index contributed by atoms with van der Waals surface area (Å²) in [7, 11) is 1.27. The van der Waals surface area contributed by atoms with Crippen LogP contribution in [-0.2, 0) is 4.74 Å². The van der Waals surface area contributed by atoms with Crippen LogP contribution in [-0.4, -0.2) is 13.1 Å². The van der Waals surface area contributed by atoms with Gasteiger partial charge in [0.2, 0.25) is 0 Å². The number of halogens is 1. The normalized spacial score (nSPS) is 10.3. The summed E-state index contributed by atoms with van der Waals surface area (Å²) in [6, 6.07) is 7.95. The molecule has 0 bridgehead atoms. The number of aryl methyl sites for hydroxylation is 2. The van der Waals surface area contributed by atoms with Crippen molar-refractivity contribution in [2.24, 2.45) is 0 Å². The maximum absolute atomic E-state index is 14.0. The minimum atomic E-state index is -0.564. The van der Waals surface area contributed by atoms with Crippen LogP contribution in [0.3, 0.4) is 0 Å². The van der Waals surface area contributed by atoms with E-state index in [9.17, 15) is 9.18 Å². The van der Waals surface area contributed by atoms with Crippen molar-refractivity contribution in [3.63, 3.8) is 0 Å². The Morgan fingerprint density at radius 1 is 1.19 bits per heavy atom. The molecule has 0 saturated heterocycles. The topological polar surface area (TPSA) is 61.5 Å². The number of carbonyl (C=O) groups excluding carboxylic acids is 1. The summed E-state index contributed by atoms with van der Waals surface area (Å²) in [4.78, 5) is 11.7. The molecule has 2 aromatic carbocycles. The van der Waals surface area contributed by atoms with Crippen molar-refractivity contribution in [2.75, 3.05) is 12.8 Å². The molecule has 0 amide bonds. The summed E-state index contributed by atoms with van der Waals surface area (Å²) in [6.07, 6.45) is 0. The SMILES string of the molecule is COC(=O)c1cc(Oc2cccc(C)c2F)cc(C)c1N. The molecule has 2 aromatic rings. The lowest BCUT2D eigenvalue weighted by Crippen LogP contribution is -2.07. The number of hydrogen-bond acceptors (Lipinski definition) is 4. The summed E-state index contributed by atoms with van der Waals surface area (Å²) in [6.45, 7) is 3.39. The molecule has 0 saturated carbocycles. The summed E-state index contributed by atoms with van der Waals surface area (Å²) in [5.74, 6) is -0.584. The van der Waals surface area contributed by atoms with Crippen molar-refractivity contribution in [1.29, 1.82) is 0 Å². The average molecular weight is 289 g/mol. The largest absolute Gasteiger partial charge is 0.465 e. The van der Waals surface area contributed by atoms with Gasteiger partial charge in [-0.2, -0.15) is 0 Å². The van der Waals surface area contributed by atoms with Gasteiger partial charge >= 0.3 is 5.97 Å². The zero-order chi connectivity index (χ0) is 15.6. The van der Waals surface area contributed by atoms with E-state index in [0.717, 1.165) is 0 Å². The summed E-state index contributed by atoms with van der Waals surface area (Å²) < 4.78 is 24.1. The molecule has 0 radical (unpaired) electrons. The summed E-state index contributed by atoms with van der Waals surface area (Å²) in [5, 5.41) is 0. The van der Waals surface area contributed by atoms with E-state index in [1.54, 1.807) is 32.0 Å². The minimum Gasteiger partial charge on any atom is -0.465 e. The maximum Gasteiger partial charge on any atom is 0.340 e. The fourth-order valence-electron chi connectivity index (χ4n) is 1.93. The Morgan fingerprint density at radius 3 is 2.57 bits per heavy atom. The molecule has 0 aliphatic heterocycles. The summed E-state index contributed by atoms with van der Waals surface area (Å²) >= 11 is 0. The van der Waals surface area contributed by atoms with Gasteiger partial charge in [-0.1, -0.05) is 12.1 Å². The fraction of sp³-hybridized carbons (Fsp3) is 0.188. The molecule has 0 aliphatic rings. The Morgan fingerprint density at radius 2 is 1.90 bits per heavy atom. The third-order valence-electron chi connectivity index (χ3n) is 3.15. The van der Waals surface area contributed by atoms with Crippen molar-refractivity contribution < 1.29 is 18.7 Å². The van der Waals surface area contributed by atoms with Crippen LogP contribution < -0.4 is 10.5 Å². The van der Waals surface area contributed by atoms with Gasteiger partial charge in [0, 0.05) is 5.69 Å². The Hall–Kier alpha value is -2.56. The van der Waals surface area contributed by atoms with E-state index in [-0.39, 0.29) is 11.3 Å². The summed E-state index contributed by atoms with van der Waals surface area (Å²) in [5.41, 5.74) is 7.49. The predicted molar refractivity (Wildman–Crippen MR) is 78.1 cm³/mol. The van der Waals surface area contributed by atoms with Crippen molar-refractivity contribution in [2.45, 2.75) is 13.8 Å². The van der Waals surface area contributed by atoms with Gasteiger partial charge in [-0.3, -0.25) is 0 Å². The molecule has 0 fully saturated rings. The van der Waals surface area contributed by atoms with Gasteiger partial charge in [-0.25, -0.2) is 9.18 Å². The number of methoxy groups -OCH3 is 1. The van der Waals surface area contributed by atoms with Crippen LogP contribution in [0, 0.1) is 19.7 Å². The lowest BCUT2D eigenvalue weighted by molar-refractivity contribution is 0.0601. The molecule has 0 heterocycles. The molecule has 2 N–H and O–H groups in total. The number of nitrogens with two attached hydrogens (primary N) is 1. The minimum absolute atomic E-state index is 0.0926. The number of anilines is 1. The number of ether oxygens (including phenoxy) is 2. The van der Waals surface area contributed by atoms with Gasteiger partial charge in [0.25, 0.3) is 0 Å².